The topological polar surface area (TPSA) is 88.3 Å². The zero-order chi connectivity index (χ0) is 20.7. The third kappa shape index (κ3) is 3.51. The Morgan fingerprint density at radius 3 is 2.73 bits per heavy atom. The summed E-state index contributed by atoms with van der Waals surface area (Å²) in [5.74, 6) is 0.0484. The standard InChI is InChI=1S/C23H21N3O3S/c1-13(21(27)15-6-3-2-4-7-15)24-22(28)16-12-17(18-8-5-11-30-18)25-23-19(16)20(26-29-23)14-9-10-14/h2-8,11-14,21,27H,9-10H2,1H3,(H,24,28). The van der Waals surface area contributed by atoms with Crippen LogP contribution in [0.15, 0.2) is 58.4 Å². The van der Waals surface area contributed by atoms with Gasteiger partial charge < -0.3 is 14.9 Å². The molecule has 0 radical (unpaired) electrons. The van der Waals surface area contributed by atoms with Gasteiger partial charge in [0.2, 0.25) is 0 Å². The first kappa shape index (κ1) is 19.0. The van der Waals surface area contributed by atoms with Crippen molar-refractivity contribution in [1.29, 1.82) is 0 Å². The van der Waals surface area contributed by atoms with Gasteiger partial charge >= 0.3 is 0 Å². The minimum absolute atomic E-state index is 0.271. The molecule has 1 saturated carbocycles. The van der Waals surface area contributed by atoms with Gasteiger partial charge in [-0.15, -0.1) is 11.3 Å². The summed E-state index contributed by atoms with van der Waals surface area (Å²) in [5.41, 5.74) is 3.10. The van der Waals surface area contributed by atoms with Crippen LogP contribution in [0.1, 0.15) is 53.4 Å². The van der Waals surface area contributed by atoms with Gasteiger partial charge in [0.1, 0.15) is 0 Å². The fourth-order valence-corrected chi connectivity index (χ4v) is 4.33. The number of rotatable bonds is 6. The Morgan fingerprint density at radius 1 is 1.23 bits per heavy atom. The maximum Gasteiger partial charge on any atom is 0.259 e. The van der Waals surface area contributed by atoms with Crippen molar-refractivity contribution in [3.63, 3.8) is 0 Å². The summed E-state index contributed by atoms with van der Waals surface area (Å²) >= 11 is 1.55. The third-order valence-corrected chi connectivity index (χ3v) is 6.32. The number of fused-ring (bicyclic) bond motifs is 1. The highest BCUT2D eigenvalue weighted by Crippen LogP contribution is 2.43. The van der Waals surface area contributed by atoms with Crippen molar-refractivity contribution in [2.24, 2.45) is 0 Å². The molecule has 1 aliphatic rings. The summed E-state index contributed by atoms with van der Waals surface area (Å²) in [6.45, 7) is 1.80. The van der Waals surface area contributed by atoms with Gasteiger partial charge in [-0.1, -0.05) is 41.6 Å². The Hall–Kier alpha value is -3.03. The summed E-state index contributed by atoms with van der Waals surface area (Å²) in [5, 5.41) is 20.5. The van der Waals surface area contributed by atoms with Crippen LogP contribution >= 0.6 is 11.3 Å². The number of aromatic nitrogens is 2. The van der Waals surface area contributed by atoms with Crippen molar-refractivity contribution in [1.82, 2.24) is 15.5 Å². The van der Waals surface area contributed by atoms with Gasteiger partial charge in [-0.05, 0) is 42.8 Å². The van der Waals surface area contributed by atoms with E-state index in [1.807, 2.05) is 47.8 Å². The van der Waals surface area contributed by atoms with E-state index in [0.717, 1.165) is 29.0 Å². The molecule has 2 atom stereocenters. The first-order valence-corrected chi connectivity index (χ1v) is 10.9. The van der Waals surface area contributed by atoms with Gasteiger partial charge in [0, 0.05) is 5.92 Å². The normalized spacial score (nSPS) is 15.8. The number of hydrogen-bond donors (Lipinski definition) is 2. The number of pyridine rings is 1. The lowest BCUT2D eigenvalue weighted by atomic mass is 10.0. The molecule has 3 aromatic heterocycles. The molecule has 6 nitrogen and oxygen atoms in total. The highest BCUT2D eigenvalue weighted by Gasteiger charge is 2.32. The van der Waals surface area contributed by atoms with Gasteiger partial charge in [-0.25, -0.2) is 4.98 Å². The maximum atomic E-state index is 13.3. The summed E-state index contributed by atoms with van der Waals surface area (Å²) in [6.07, 6.45) is 1.27. The first-order chi connectivity index (χ1) is 14.6. The lowest BCUT2D eigenvalue weighted by molar-refractivity contribution is 0.0853. The van der Waals surface area contributed by atoms with Gasteiger partial charge in [0.15, 0.2) is 0 Å². The van der Waals surface area contributed by atoms with E-state index in [-0.39, 0.29) is 5.91 Å². The molecule has 152 valence electrons. The smallest absolute Gasteiger partial charge is 0.259 e. The Morgan fingerprint density at radius 2 is 2.03 bits per heavy atom. The number of aliphatic hydroxyl groups excluding tert-OH is 1. The zero-order valence-corrected chi connectivity index (χ0v) is 17.2. The van der Waals surface area contributed by atoms with Crippen LogP contribution in [0.2, 0.25) is 0 Å². The fourth-order valence-electron chi connectivity index (χ4n) is 3.64. The Bertz CT molecular complexity index is 1180. The number of nitrogens with one attached hydrogen (secondary N) is 1. The predicted molar refractivity (Wildman–Crippen MR) is 115 cm³/mol. The maximum absolute atomic E-state index is 13.3. The van der Waals surface area contributed by atoms with E-state index in [2.05, 4.69) is 15.5 Å². The molecule has 0 bridgehead atoms. The Kier molecular flexibility index (Phi) is 4.84. The number of hydrogen-bond acceptors (Lipinski definition) is 6. The molecular weight excluding hydrogens is 398 g/mol. The van der Waals surface area contributed by atoms with Crippen molar-refractivity contribution in [2.45, 2.75) is 37.8 Å². The molecule has 2 N–H and O–H groups in total. The predicted octanol–water partition coefficient (Wildman–Crippen LogP) is 4.68. The van der Waals surface area contributed by atoms with Crippen LogP contribution in [0.4, 0.5) is 0 Å². The molecular formula is C23H21N3O3S. The van der Waals surface area contributed by atoms with Crippen LogP contribution in [0.25, 0.3) is 21.7 Å². The quantitative estimate of drug-likeness (QED) is 0.474. The number of thiophene rings is 1. The van der Waals surface area contributed by atoms with Gasteiger partial charge in [-0.2, -0.15) is 0 Å². The molecule has 2 unspecified atom stereocenters. The summed E-state index contributed by atoms with van der Waals surface area (Å²) in [4.78, 5) is 18.9. The van der Waals surface area contributed by atoms with Crippen LogP contribution < -0.4 is 5.32 Å². The van der Waals surface area contributed by atoms with E-state index in [0.29, 0.717) is 28.3 Å². The lowest BCUT2D eigenvalue weighted by Crippen LogP contribution is -2.37. The average molecular weight is 420 g/mol. The van der Waals surface area contributed by atoms with Crippen LogP contribution in [-0.2, 0) is 0 Å². The fraction of sp³-hybridized carbons (Fsp3) is 0.261. The van der Waals surface area contributed by atoms with E-state index in [1.54, 1.807) is 24.3 Å². The number of nitrogens with zero attached hydrogens (tertiary/aromatic N) is 2. The second-order valence-corrected chi connectivity index (χ2v) is 8.62. The minimum Gasteiger partial charge on any atom is -0.386 e. The average Bonchev–Trinajstić information content (AvgIpc) is 3.29. The summed E-state index contributed by atoms with van der Waals surface area (Å²) in [7, 11) is 0. The van der Waals surface area contributed by atoms with Crippen LogP contribution in [0.3, 0.4) is 0 Å². The molecule has 4 aromatic rings. The molecule has 1 aromatic carbocycles. The van der Waals surface area contributed by atoms with Gasteiger partial charge in [0.05, 0.1) is 39.4 Å². The molecule has 3 heterocycles. The van der Waals surface area contributed by atoms with E-state index in [9.17, 15) is 9.90 Å². The molecule has 5 rings (SSSR count). The Labute approximate surface area is 177 Å². The van der Waals surface area contributed by atoms with Crippen LogP contribution in [0, 0.1) is 0 Å². The molecule has 1 aliphatic carbocycles. The molecule has 1 amide bonds. The second-order valence-electron chi connectivity index (χ2n) is 7.67. The number of amides is 1. The molecule has 7 heteroatoms. The van der Waals surface area contributed by atoms with Gasteiger partial charge in [0.25, 0.3) is 11.6 Å². The first-order valence-electron chi connectivity index (χ1n) is 10.00. The monoisotopic (exact) mass is 419 g/mol. The number of benzene rings is 1. The lowest BCUT2D eigenvalue weighted by Gasteiger charge is -2.21. The highest BCUT2D eigenvalue weighted by molar-refractivity contribution is 7.13. The summed E-state index contributed by atoms with van der Waals surface area (Å²) < 4.78 is 5.52. The molecule has 0 spiro atoms. The van der Waals surface area contributed by atoms with Crippen LogP contribution in [-0.4, -0.2) is 27.2 Å². The molecule has 30 heavy (non-hydrogen) atoms. The minimum atomic E-state index is -0.811. The van der Waals surface area contributed by atoms with Crippen LogP contribution in [0.5, 0.6) is 0 Å². The van der Waals surface area contributed by atoms with Crippen molar-refractivity contribution >= 4 is 28.3 Å². The molecule has 0 aliphatic heterocycles. The number of carbonyl (C=O) groups excluding carboxylic acids is 1. The largest absolute Gasteiger partial charge is 0.386 e. The Balaban J connectivity index is 1.51. The van der Waals surface area contributed by atoms with E-state index in [4.69, 9.17) is 4.52 Å². The van der Waals surface area contributed by atoms with E-state index in [1.165, 1.54) is 0 Å². The number of aliphatic hydroxyl groups is 1. The van der Waals surface area contributed by atoms with E-state index >= 15 is 0 Å². The highest BCUT2D eigenvalue weighted by atomic mass is 32.1. The second kappa shape index (κ2) is 7.66. The van der Waals surface area contributed by atoms with Crippen molar-refractivity contribution < 1.29 is 14.4 Å². The van der Waals surface area contributed by atoms with Crippen molar-refractivity contribution in [3.8, 4) is 10.6 Å². The zero-order valence-electron chi connectivity index (χ0n) is 16.4. The SMILES string of the molecule is CC(NC(=O)c1cc(-c2cccs2)nc2onc(C3CC3)c12)C(O)c1ccccc1. The van der Waals surface area contributed by atoms with E-state index < -0.39 is 12.1 Å². The third-order valence-electron chi connectivity index (χ3n) is 5.43. The van der Waals surface area contributed by atoms with Crippen molar-refractivity contribution in [3.05, 3.63) is 70.7 Å². The van der Waals surface area contributed by atoms with Crippen molar-refractivity contribution in [2.75, 3.05) is 0 Å². The molecule has 0 saturated heterocycles. The summed E-state index contributed by atoms with van der Waals surface area (Å²) in [6, 6.07) is 14.5. The number of carbonyl (C=O) groups is 1. The molecule has 1 fully saturated rings. The van der Waals surface area contributed by atoms with Gasteiger partial charge in [-0.3, -0.25) is 4.79 Å².